The lowest BCUT2D eigenvalue weighted by Gasteiger charge is -2.28. The maximum Gasteiger partial charge on any atom is 0.500 e. The van der Waals surface area contributed by atoms with E-state index in [4.69, 9.17) is 19.0 Å². The van der Waals surface area contributed by atoms with Crippen LogP contribution in [0.15, 0.2) is 0 Å². The van der Waals surface area contributed by atoms with Gasteiger partial charge in [0.05, 0.1) is 0 Å². The molecule has 6 heteroatoms. The van der Waals surface area contributed by atoms with Crippen molar-refractivity contribution in [1.29, 1.82) is 0 Å². The molecule has 2 N–H and O–H groups in total. The minimum Gasteiger partial charge on any atom is -0.377 e. The molecular weight excluding hydrogens is 272 g/mol. The molecule has 0 spiro atoms. The second-order valence-electron chi connectivity index (χ2n) is 5.21. The van der Waals surface area contributed by atoms with Crippen LogP contribution in [0.4, 0.5) is 0 Å². The van der Waals surface area contributed by atoms with Crippen LogP contribution >= 0.6 is 0 Å². The molecule has 0 rings (SSSR count). The van der Waals surface area contributed by atoms with E-state index in [2.05, 4.69) is 39.5 Å². The van der Waals surface area contributed by atoms with Crippen LogP contribution in [-0.2, 0) is 13.3 Å². The zero-order valence-electron chi connectivity index (χ0n) is 14.7. The summed E-state index contributed by atoms with van der Waals surface area (Å²) in [4.78, 5) is 2.46. The first-order valence-electron chi connectivity index (χ1n) is 7.45. The summed E-state index contributed by atoms with van der Waals surface area (Å²) in [5.74, 6) is 0. The molecule has 5 nitrogen and oxygen atoms in total. The highest BCUT2D eigenvalue weighted by Crippen LogP contribution is 2.13. The Morgan fingerprint density at radius 1 is 0.950 bits per heavy atom. The third-order valence-corrected chi connectivity index (χ3v) is 6.14. The Labute approximate surface area is 127 Å². The smallest absolute Gasteiger partial charge is 0.377 e. The summed E-state index contributed by atoms with van der Waals surface area (Å²) in [5.41, 5.74) is 5.36. The summed E-state index contributed by atoms with van der Waals surface area (Å²) >= 11 is 0. The van der Waals surface area contributed by atoms with E-state index in [-0.39, 0.29) is 0 Å². The van der Waals surface area contributed by atoms with E-state index in [1.165, 1.54) is 0 Å². The van der Waals surface area contributed by atoms with Gasteiger partial charge in [0.1, 0.15) is 0 Å². The summed E-state index contributed by atoms with van der Waals surface area (Å²) in [5, 5.41) is 0. The fourth-order valence-corrected chi connectivity index (χ4v) is 3.95. The van der Waals surface area contributed by atoms with Gasteiger partial charge in [0.25, 0.3) is 0 Å². The lowest BCUT2D eigenvalue weighted by Crippen LogP contribution is -2.42. The molecule has 0 aliphatic heterocycles. The molecule has 0 saturated heterocycles. The first kappa shape index (κ1) is 22.3. The number of rotatable bonds is 9. The molecule has 0 aromatic rings. The van der Waals surface area contributed by atoms with Crippen molar-refractivity contribution in [2.45, 2.75) is 59.2 Å². The summed E-state index contributed by atoms with van der Waals surface area (Å²) in [6.07, 6.45) is 0.877. The van der Waals surface area contributed by atoms with E-state index < -0.39 is 8.80 Å². The van der Waals surface area contributed by atoms with Crippen LogP contribution in [0.25, 0.3) is 0 Å². The van der Waals surface area contributed by atoms with Gasteiger partial charge in [-0.15, -0.1) is 0 Å². The predicted octanol–water partition coefficient (Wildman–Crippen LogP) is 2.34. The lowest BCUT2D eigenvalue weighted by atomic mass is 10.2. The average Bonchev–Trinajstić information content (AvgIpc) is 2.41. The molecule has 0 heterocycles. The maximum atomic E-state index is 5.36. The fraction of sp³-hybridized carbons (Fsp3) is 1.00. The first-order valence-corrected chi connectivity index (χ1v) is 9.38. The Kier molecular flexibility index (Phi) is 14.2. The van der Waals surface area contributed by atoms with E-state index in [9.17, 15) is 0 Å². The monoisotopic (exact) mass is 308 g/mol. The van der Waals surface area contributed by atoms with Crippen molar-refractivity contribution in [3.8, 4) is 0 Å². The quantitative estimate of drug-likeness (QED) is 0.663. The number of hydrogen-bond donors (Lipinski definition) is 1. The van der Waals surface area contributed by atoms with Crippen molar-refractivity contribution in [3.63, 3.8) is 0 Å². The molecule has 0 fully saturated rings. The van der Waals surface area contributed by atoms with Crippen molar-refractivity contribution < 1.29 is 13.3 Å². The topological polar surface area (TPSA) is 57.0 Å². The fourth-order valence-electron chi connectivity index (χ4n) is 2.20. The molecule has 0 saturated carbocycles. The minimum atomic E-state index is -2.32. The van der Waals surface area contributed by atoms with Crippen LogP contribution in [0.1, 0.15) is 41.0 Å². The molecule has 20 heavy (non-hydrogen) atoms. The van der Waals surface area contributed by atoms with E-state index in [1.807, 2.05) is 0 Å². The summed E-state index contributed by atoms with van der Waals surface area (Å²) < 4.78 is 15.5. The van der Waals surface area contributed by atoms with Gasteiger partial charge in [-0.3, -0.25) is 4.90 Å². The Bertz CT molecular complexity index is 196. The summed E-state index contributed by atoms with van der Waals surface area (Å²) in [6.45, 7) is 13.0. The molecule has 0 aliphatic carbocycles. The Balaban J connectivity index is 0. The zero-order valence-corrected chi connectivity index (χ0v) is 15.7. The largest absolute Gasteiger partial charge is 0.500 e. The van der Waals surface area contributed by atoms with Crippen molar-refractivity contribution >= 4 is 8.80 Å². The summed E-state index contributed by atoms with van der Waals surface area (Å²) in [7, 11) is 2.50. The zero-order chi connectivity index (χ0) is 16.2. The molecule has 0 aliphatic rings. The summed E-state index contributed by atoms with van der Waals surface area (Å²) in [6, 6.07) is 2.16. The Morgan fingerprint density at radius 3 is 1.50 bits per heavy atom. The van der Waals surface area contributed by atoms with Gasteiger partial charge in [-0.2, -0.15) is 0 Å². The lowest BCUT2D eigenvalue weighted by molar-refractivity contribution is 0.123. The molecule has 0 aromatic heterocycles. The third-order valence-electron chi connectivity index (χ3n) is 3.31. The molecule has 0 radical (unpaired) electrons. The Morgan fingerprint density at radius 2 is 1.35 bits per heavy atom. The van der Waals surface area contributed by atoms with Crippen molar-refractivity contribution in [3.05, 3.63) is 0 Å². The van der Waals surface area contributed by atoms with Gasteiger partial charge in [-0.05, 0) is 47.2 Å². The number of hydrogen-bond acceptors (Lipinski definition) is 5. The SMILES string of the molecule is CCN(C(C)C)C(C)C.CO[Si](CCCN)(OC)OC. The highest BCUT2D eigenvalue weighted by molar-refractivity contribution is 6.60. The highest BCUT2D eigenvalue weighted by atomic mass is 28.4. The van der Waals surface area contributed by atoms with Crippen LogP contribution in [0.2, 0.25) is 6.04 Å². The van der Waals surface area contributed by atoms with Gasteiger partial charge in [0.2, 0.25) is 0 Å². The third kappa shape index (κ3) is 9.04. The van der Waals surface area contributed by atoms with Crippen molar-refractivity contribution in [1.82, 2.24) is 4.90 Å². The molecule has 0 unspecified atom stereocenters. The predicted molar refractivity (Wildman–Crippen MR) is 87.9 cm³/mol. The number of nitrogens with zero attached hydrogens (tertiary/aromatic N) is 1. The molecule has 0 bridgehead atoms. The maximum absolute atomic E-state index is 5.36. The van der Waals surface area contributed by atoms with Gasteiger partial charge in [-0.1, -0.05) is 6.92 Å². The molecular formula is C14H36N2O3Si. The molecule has 0 amide bonds. The van der Waals surface area contributed by atoms with Crippen LogP contribution in [0.3, 0.4) is 0 Å². The van der Waals surface area contributed by atoms with Gasteiger partial charge >= 0.3 is 8.80 Å². The molecule has 124 valence electrons. The molecule has 0 atom stereocenters. The molecule has 0 aromatic carbocycles. The second-order valence-corrected chi connectivity index (χ2v) is 8.30. The van der Waals surface area contributed by atoms with Crippen LogP contribution in [0.5, 0.6) is 0 Å². The van der Waals surface area contributed by atoms with Gasteiger partial charge in [0, 0.05) is 39.5 Å². The van der Waals surface area contributed by atoms with E-state index >= 15 is 0 Å². The van der Waals surface area contributed by atoms with E-state index in [1.54, 1.807) is 21.3 Å². The van der Waals surface area contributed by atoms with E-state index in [0.717, 1.165) is 19.0 Å². The van der Waals surface area contributed by atoms with Crippen LogP contribution in [0, 0.1) is 0 Å². The average molecular weight is 309 g/mol. The second kappa shape index (κ2) is 12.7. The van der Waals surface area contributed by atoms with Gasteiger partial charge in [0.15, 0.2) is 0 Å². The van der Waals surface area contributed by atoms with E-state index in [0.29, 0.717) is 18.6 Å². The van der Waals surface area contributed by atoms with Crippen LogP contribution < -0.4 is 5.73 Å². The van der Waals surface area contributed by atoms with Gasteiger partial charge in [-0.25, -0.2) is 0 Å². The standard InChI is InChI=1S/C8H19N.C6H17NO3Si/c1-6-9(7(2)3)8(4)5;1-8-11(9-2,10-3)6-4-5-7/h7-8H,6H2,1-5H3;4-7H2,1-3H3. The normalized spacial score (nSPS) is 12.0. The van der Waals surface area contributed by atoms with Crippen LogP contribution in [-0.4, -0.2) is 60.2 Å². The van der Waals surface area contributed by atoms with Crippen molar-refractivity contribution in [2.75, 3.05) is 34.4 Å². The van der Waals surface area contributed by atoms with Gasteiger partial charge < -0.3 is 19.0 Å². The first-order chi connectivity index (χ1) is 9.33. The highest BCUT2D eigenvalue weighted by Gasteiger charge is 2.36. The Hall–Kier alpha value is 0.0169. The number of nitrogens with two attached hydrogens (primary N) is 1. The minimum absolute atomic E-state index is 0.644. The van der Waals surface area contributed by atoms with Crippen molar-refractivity contribution in [2.24, 2.45) is 5.73 Å².